The Bertz CT molecular complexity index is 1450. The molecule has 0 aliphatic heterocycles. The Morgan fingerprint density at radius 1 is 1.05 bits per heavy atom. The Morgan fingerprint density at radius 2 is 1.79 bits per heavy atom. The number of benzene rings is 2. The highest BCUT2D eigenvalue weighted by Gasteiger charge is 2.35. The quantitative estimate of drug-likeness (QED) is 0.290. The summed E-state index contributed by atoms with van der Waals surface area (Å²) in [5.41, 5.74) is 2.92. The summed E-state index contributed by atoms with van der Waals surface area (Å²) in [6, 6.07) is 15.7. The molecule has 38 heavy (non-hydrogen) atoms. The normalized spacial score (nSPS) is 14.2. The van der Waals surface area contributed by atoms with Crippen LogP contribution in [0.25, 0.3) is 11.0 Å². The molecule has 1 aliphatic rings. The van der Waals surface area contributed by atoms with Crippen LogP contribution in [0.3, 0.4) is 0 Å². The van der Waals surface area contributed by atoms with E-state index in [0.717, 1.165) is 29.4 Å². The Morgan fingerprint density at radius 3 is 2.45 bits per heavy atom. The van der Waals surface area contributed by atoms with Gasteiger partial charge in [-0.2, -0.15) is 11.3 Å². The maximum absolute atomic E-state index is 14.1. The van der Waals surface area contributed by atoms with Gasteiger partial charge >= 0.3 is 0 Å². The minimum atomic E-state index is -0.877. The number of para-hydroxylation sites is 1. The summed E-state index contributed by atoms with van der Waals surface area (Å²) in [7, 11) is 0. The van der Waals surface area contributed by atoms with E-state index in [4.69, 9.17) is 4.42 Å². The van der Waals surface area contributed by atoms with Crippen LogP contribution in [0.4, 0.5) is 11.4 Å². The molecule has 2 N–H and O–H groups in total. The van der Waals surface area contributed by atoms with Crippen LogP contribution in [-0.4, -0.2) is 23.3 Å². The molecule has 0 radical (unpaired) electrons. The van der Waals surface area contributed by atoms with Crippen LogP contribution in [0.2, 0.25) is 0 Å². The summed E-state index contributed by atoms with van der Waals surface area (Å²) < 4.78 is 5.67. The molecule has 8 heteroatoms. The second kappa shape index (κ2) is 10.5. The van der Waals surface area contributed by atoms with Gasteiger partial charge in [-0.05, 0) is 86.3 Å². The number of amides is 3. The fraction of sp³-hybridized carbons (Fsp3) is 0.300. The van der Waals surface area contributed by atoms with Crippen molar-refractivity contribution in [2.75, 3.05) is 10.2 Å². The van der Waals surface area contributed by atoms with Crippen molar-refractivity contribution >= 4 is 51.4 Å². The van der Waals surface area contributed by atoms with Crippen molar-refractivity contribution in [1.82, 2.24) is 5.32 Å². The molecule has 1 aliphatic carbocycles. The molecule has 4 aromatic rings. The minimum Gasteiger partial charge on any atom is -0.464 e. The number of thiophene rings is 1. The molecule has 1 fully saturated rings. The molecule has 7 nitrogen and oxygen atoms in total. The first-order chi connectivity index (χ1) is 18.2. The van der Waals surface area contributed by atoms with E-state index in [0.29, 0.717) is 17.0 Å². The maximum Gasteiger partial charge on any atom is 0.248 e. The molecule has 2 heterocycles. The lowest BCUT2D eigenvalue weighted by molar-refractivity contribution is -0.127. The molecule has 1 saturated carbocycles. The highest BCUT2D eigenvalue weighted by atomic mass is 32.1. The largest absolute Gasteiger partial charge is 0.464 e. The first kappa shape index (κ1) is 25.7. The van der Waals surface area contributed by atoms with Gasteiger partial charge in [0.1, 0.15) is 11.6 Å². The van der Waals surface area contributed by atoms with Gasteiger partial charge in [0.05, 0.1) is 12.7 Å². The van der Waals surface area contributed by atoms with Gasteiger partial charge in [0.25, 0.3) is 0 Å². The molecular weight excluding hydrogens is 498 g/mol. The molecule has 0 bridgehead atoms. The molecule has 0 spiro atoms. The number of carbonyl (C=O) groups is 3. The lowest BCUT2D eigenvalue weighted by atomic mass is 10.0. The molecule has 1 atom stereocenters. The van der Waals surface area contributed by atoms with Gasteiger partial charge in [-0.3, -0.25) is 19.3 Å². The lowest BCUT2D eigenvalue weighted by Crippen LogP contribution is -2.49. The van der Waals surface area contributed by atoms with Crippen molar-refractivity contribution < 1.29 is 18.8 Å². The average molecular weight is 530 g/mol. The molecule has 2 aromatic carbocycles. The standard InChI is InChI=1S/C30H31N3O4S/c1-30(2,3)32-29(36)27(20-14-15-38-18-20)33(23-12-10-22(11-13-23)31-28(35)19-8-9-19)26(34)16-21-17-37-25-7-5-4-6-24(21)25/h4-7,10-15,17-19,27H,8-9,16H2,1-3H3,(H,31,35)(H,32,36). The van der Waals surface area contributed by atoms with E-state index in [1.165, 1.54) is 11.3 Å². The molecular formula is C30H31N3O4S. The topological polar surface area (TPSA) is 91.7 Å². The first-order valence-corrected chi connectivity index (χ1v) is 13.7. The molecule has 2 aromatic heterocycles. The summed E-state index contributed by atoms with van der Waals surface area (Å²) in [6.07, 6.45) is 3.49. The van der Waals surface area contributed by atoms with Crippen LogP contribution in [0.5, 0.6) is 0 Å². The highest BCUT2D eigenvalue weighted by molar-refractivity contribution is 7.08. The predicted octanol–water partition coefficient (Wildman–Crippen LogP) is 6.07. The zero-order valence-corrected chi connectivity index (χ0v) is 22.5. The first-order valence-electron chi connectivity index (χ1n) is 12.7. The van der Waals surface area contributed by atoms with Gasteiger partial charge in [-0.1, -0.05) is 18.2 Å². The second-order valence-corrected chi connectivity index (χ2v) is 11.5. The van der Waals surface area contributed by atoms with Gasteiger partial charge in [0, 0.05) is 33.8 Å². The Balaban J connectivity index is 1.52. The van der Waals surface area contributed by atoms with E-state index >= 15 is 0 Å². The number of hydrogen-bond donors (Lipinski definition) is 2. The lowest BCUT2D eigenvalue weighted by Gasteiger charge is -2.33. The highest BCUT2D eigenvalue weighted by Crippen LogP contribution is 2.33. The van der Waals surface area contributed by atoms with E-state index in [2.05, 4.69) is 10.6 Å². The van der Waals surface area contributed by atoms with Crippen molar-refractivity contribution in [2.24, 2.45) is 5.92 Å². The number of carbonyl (C=O) groups excluding carboxylic acids is 3. The molecule has 196 valence electrons. The van der Waals surface area contributed by atoms with Crippen LogP contribution in [0.1, 0.15) is 50.8 Å². The van der Waals surface area contributed by atoms with Gasteiger partial charge in [0.15, 0.2) is 0 Å². The van der Waals surface area contributed by atoms with Gasteiger partial charge in [-0.25, -0.2) is 0 Å². The molecule has 3 amide bonds. The van der Waals surface area contributed by atoms with Crippen LogP contribution in [0.15, 0.2) is 76.0 Å². The number of fused-ring (bicyclic) bond motifs is 1. The summed E-state index contributed by atoms with van der Waals surface area (Å²) in [5.74, 6) is -0.418. The van der Waals surface area contributed by atoms with Crippen molar-refractivity contribution in [2.45, 2.75) is 51.6 Å². The third-order valence-corrected chi connectivity index (χ3v) is 7.10. The second-order valence-electron chi connectivity index (χ2n) is 10.7. The van der Waals surface area contributed by atoms with Crippen molar-refractivity contribution in [3.63, 3.8) is 0 Å². The Kier molecular flexibility index (Phi) is 7.08. The van der Waals surface area contributed by atoms with Crippen molar-refractivity contribution in [3.8, 4) is 0 Å². The summed E-state index contributed by atoms with van der Waals surface area (Å²) in [5, 5.41) is 10.6. The van der Waals surface area contributed by atoms with Crippen LogP contribution < -0.4 is 15.5 Å². The average Bonchev–Trinajstić information content (AvgIpc) is 3.45. The molecule has 5 rings (SSSR count). The summed E-state index contributed by atoms with van der Waals surface area (Å²) >= 11 is 1.47. The van der Waals surface area contributed by atoms with Crippen molar-refractivity contribution in [3.05, 3.63) is 82.7 Å². The Labute approximate surface area is 225 Å². The van der Waals surface area contributed by atoms with E-state index < -0.39 is 11.6 Å². The monoisotopic (exact) mass is 529 g/mol. The van der Waals surface area contributed by atoms with Gasteiger partial charge in [0.2, 0.25) is 17.7 Å². The fourth-order valence-electron chi connectivity index (χ4n) is 4.44. The number of rotatable bonds is 8. The van der Waals surface area contributed by atoms with Gasteiger partial charge < -0.3 is 15.1 Å². The summed E-state index contributed by atoms with van der Waals surface area (Å²) in [4.78, 5) is 41.6. The number of furan rings is 1. The van der Waals surface area contributed by atoms with Gasteiger partial charge in [-0.15, -0.1) is 0 Å². The summed E-state index contributed by atoms with van der Waals surface area (Å²) in [6.45, 7) is 5.74. The van der Waals surface area contributed by atoms with E-state index in [-0.39, 0.29) is 30.1 Å². The minimum absolute atomic E-state index is 0.0122. The van der Waals surface area contributed by atoms with Crippen LogP contribution >= 0.6 is 11.3 Å². The van der Waals surface area contributed by atoms with Crippen LogP contribution in [-0.2, 0) is 20.8 Å². The number of hydrogen-bond acceptors (Lipinski definition) is 5. The zero-order valence-electron chi connectivity index (χ0n) is 21.7. The SMILES string of the molecule is CC(C)(C)NC(=O)C(c1ccsc1)N(C(=O)Cc1coc2ccccc12)c1ccc(NC(=O)C2CC2)cc1. The molecule has 0 saturated heterocycles. The predicted molar refractivity (Wildman–Crippen MR) is 150 cm³/mol. The Hall–Kier alpha value is -3.91. The molecule has 1 unspecified atom stereocenters. The fourth-order valence-corrected chi connectivity index (χ4v) is 5.12. The third kappa shape index (κ3) is 5.81. The van der Waals surface area contributed by atoms with E-state index in [1.54, 1.807) is 35.4 Å². The zero-order chi connectivity index (χ0) is 26.9. The maximum atomic E-state index is 14.1. The van der Waals surface area contributed by atoms with Crippen LogP contribution in [0, 0.1) is 5.92 Å². The van der Waals surface area contributed by atoms with Crippen molar-refractivity contribution in [1.29, 1.82) is 0 Å². The van der Waals surface area contributed by atoms with E-state index in [9.17, 15) is 14.4 Å². The van der Waals surface area contributed by atoms with E-state index in [1.807, 2.05) is 61.9 Å². The smallest absolute Gasteiger partial charge is 0.248 e. The number of nitrogens with one attached hydrogen (secondary N) is 2. The third-order valence-electron chi connectivity index (χ3n) is 6.40. The number of anilines is 2. The number of nitrogens with zero attached hydrogens (tertiary/aromatic N) is 1.